The first-order valence-corrected chi connectivity index (χ1v) is 6.27. The lowest BCUT2D eigenvalue weighted by Gasteiger charge is -2.19. The molecule has 1 saturated carbocycles. The Morgan fingerprint density at radius 3 is 2.44 bits per heavy atom. The van der Waals surface area contributed by atoms with Crippen molar-refractivity contribution in [2.24, 2.45) is 5.92 Å². The van der Waals surface area contributed by atoms with Crippen molar-refractivity contribution in [3.8, 4) is 0 Å². The van der Waals surface area contributed by atoms with Crippen LogP contribution in [0, 0.1) is 11.7 Å². The highest BCUT2D eigenvalue weighted by Gasteiger charge is 2.10. The topological polar surface area (TPSA) is 0 Å². The van der Waals surface area contributed by atoms with Crippen LogP contribution in [0.15, 0.2) is 30.3 Å². The van der Waals surface area contributed by atoms with E-state index in [-0.39, 0.29) is 5.82 Å². The summed E-state index contributed by atoms with van der Waals surface area (Å²) in [5.41, 5.74) is 1.09. The first kappa shape index (κ1) is 11.4. The van der Waals surface area contributed by atoms with E-state index in [0.29, 0.717) is 0 Å². The van der Waals surface area contributed by atoms with Crippen molar-refractivity contribution in [3.63, 3.8) is 0 Å². The molecule has 86 valence electrons. The van der Waals surface area contributed by atoms with Crippen molar-refractivity contribution in [2.75, 3.05) is 0 Å². The molecule has 0 nitrogen and oxygen atoms in total. The normalized spacial score (nSPS) is 18.1. The van der Waals surface area contributed by atoms with Crippen LogP contribution >= 0.6 is 0 Å². The van der Waals surface area contributed by atoms with Crippen molar-refractivity contribution in [1.82, 2.24) is 0 Å². The van der Waals surface area contributed by atoms with Gasteiger partial charge in [-0.2, -0.15) is 0 Å². The van der Waals surface area contributed by atoms with E-state index in [0.717, 1.165) is 11.5 Å². The van der Waals surface area contributed by atoms with Crippen molar-refractivity contribution in [1.29, 1.82) is 0 Å². The summed E-state index contributed by atoms with van der Waals surface area (Å²) in [5.74, 6) is 0.717. The van der Waals surface area contributed by atoms with E-state index in [4.69, 9.17) is 0 Å². The Morgan fingerprint density at radius 1 is 1.06 bits per heavy atom. The van der Waals surface area contributed by atoms with Gasteiger partial charge in [-0.05, 0) is 30.0 Å². The molecule has 1 fully saturated rings. The SMILES string of the molecule is Fc1ccc(/C=C/CC2CCCCC2)cc1. The predicted octanol–water partition coefficient (Wildman–Crippen LogP) is 4.81. The van der Waals surface area contributed by atoms with Gasteiger partial charge in [0.15, 0.2) is 0 Å². The van der Waals surface area contributed by atoms with Gasteiger partial charge in [-0.1, -0.05) is 56.4 Å². The van der Waals surface area contributed by atoms with Crippen LogP contribution in [0.5, 0.6) is 0 Å². The van der Waals surface area contributed by atoms with Gasteiger partial charge in [0.25, 0.3) is 0 Å². The van der Waals surface area contributed by atoms with E-state index >= 15 is 0 Å². The van der Waals surface area contributed by atoms with Gasteiger partial charge < -0.3 is 0 Å². The van der Waals surface area contributed by atoms with Crippen LogP contribution in [-0.4, -0.2) is 0 Å². The summed E-state index contributed by atoms with van der Waals surface area (Å²) in [5, 5.41) is 0. The van der Waals surface area contributed by atoms with Gasteiger partial charge in [-0.3, -0.25) is 0 Å². The average molecular weight is 218 g/mol. The zero-order valence-corrected chi connectivity index (χ0v) is 9.66. The summed E-state index contributed by atoms with van der Waals surface area (Å²) in [7, 11) is 0. The standard InChI is InChI=1S/C15H19F/c16-15-11-9-14(10-12-15)8-4-7-13-5-2-1-3-6-13/h4,8-13H,1-3,5-7H2/b8-4+. The highest BCUT2D eigenvalue weighted by atomic mass is 19.1. The van der Waals surface area contributed by atoms with Gasteiger partial charge in [-0.25, -0.2) is 4.39 Å². The smallest absolute Gasteiger partial charge is 0.123 e. The third-order valence-electron chi connectivity index (χ3n) is 3.37. The molecule has 0 atom stereocenters. The fourth-order valence-corrected chi connectivity index (χ4v) is 2.39. The second kappa shape index (κ2) is 5.83. The fraction of sp³-hybridized carbons (Fsp3) is 0.467. The Bertz CT molecular complexity index is 331. The maximum atomic E-state index is 12.7. The van der Waals surface area contributed by atoms with Gasteiger partial charge in [-0.15, -0.1) is 0 Å². The van der Waals surface area contributed by atoms with E-state index in [1.165, 1.54) is 50.7 Å². The summed E-state index contributed by atoms with van der Waals surface area (Å²) in [6.45, 7) is 0. The minimum Gasteiger partial charge on any atom is -0.207 e. The lowest BCUT2D eigenvalue weighted by Crippen LogP contribution is -2.04. The number of rotatable bonds is 3. The summed E-state index contributed by atoms with van der Waals surface area (Å²) in [6.07, 6.45) is 12.5. The number of benzene rings is 1. The average Bonchev–Trinajstić information content (AvgIpc) is 2.33. The Morgan fingerprint density at radius 2 is 1.75 bits per heavy atom. The van der Waals surface area contributed by atoms with Crippen molar-refractivity contribution in [3.05, 3.63) is 41.7 Å². The summed E-state index contributed by atoms with van der Waals surface area (Å²) < 4.78 is 12.7. The van der Waals surface area contributed by atoms with E-state index in [9.17, 15) is 4.39 Å². The first-order valence-electron chi connectivity index (χ1n) is 6.27. The van der Waals surface area contributed by atoms with Gasteiger partial charge in [0, 0.05) is 0 Å². The Labute approximate surface area is 97.2 Å². The molecule has 0 aromatic heterocycles. The van der Waals surface area contributed by atoms with E-state index < -0.39 is 0 Å². The molecule has 0 heterocycles. The van der Waals surface area contributed by atoms with Crippen LogP contribution < -0.4 is 0 Å². The molecule has 1 aliphatic rings. The van der Waals surface area contributed by atoms with Gasteiger partial charge in [0.05, 0.1) is 0 Å². The number of hydrogen-bond donors (Lipinski definition) is 0. The third kappa shape index (κ3) is 3.48. The Hall–Kier alpha value is -1.11. The zero-order chi connectivity index (χ0) is 11.2. The van der Waals surface area contributed by atoms with Crippen LogP contribution in [0.4, 0.5) is 4.39 Å². The summed E-state index contributed by atoms with van der Waals surface area (Å²) in [4.78, 5) is 0. The molecule has 1 aliphatic carbocycles. The summed E-state index contributed by atoms with van der Waals surface area (Å²) >= 11 is 0. The second-order valence-electron chi connectivity index (χ2n) is 4.69. The lowest BCUT2D eigenvalue weighted by molar-refractivity contribution is 0.362. The van der Waals surface area contributed by atoms with Crippen LogP contribution in [0.3, 0.4) is 0 Å². The Kier molecular flexibility index (Phi) is 4.15. The molecule has 0 amide bonds. The monoisotopic (exact) mass is 218 g/mol. The zero-order valence-electron chi connectivity index (χ0n) is 9.66. The second-order valence-corrected chi connectivity index (χ2v) is 4.69. The molecular formula is C15H19F. The maximum Gasteiger partial charge on any atom is 0.123 e. The predicted molar refractivity (Wildman–Crippen MR) is 66.6 cm³/mol. The molecule has 1 aromatic carbocycles. The van der Waals surface area contributed by atoms with E-state index in [2.05, 4.69) is 12.2 Å². The van der Waals surface area contributed by atoms with Crippen LogP contribution in [0.2, 0.25) is 0 Å². The lowest BCUT2D eigenvalue weighted by atomic mass is 9.87. The largest absolute Gasteiger partial charge is 0.207 e. The van der Waals surface area contributed by atoms with Crippen molar-refractivity contribution < 1.29 is 4.39 Å². The van der Waals surface area contributed by atoms with Crippen molar-refractivity contribution in [2.45, 2.75) is 38.5 Å². The molecule has 0 N–H and O–H groups in total. The highest BCUT2D eigenvalue weighted by molar-refractivity contribution is 5.48. The number of allylic oxidation sites excluding steroid dienone is 1. The van der Waals surface area contributed by atoms with Crippen LogP contribution in [-0.2, 0) is 0 Å². The number of hydrogen-bond acceptors (Lipinski definition) is 0. The van der Waals surface area contributed by atoms with Gasteiger partial charge in [0.2, 0.25) is 0 Å². The molecule has 0 radical (unpaired) electrons. The van der Waals surface area contributed by atoms with Gasteiger partial charge >= 0.3 is 0 Å². The molecule has 0 aliphatic heterocycles. The van der Waals surface area contributed by atoms with Crippen LogP contribution in [0.1, 0.15) is 44.1 Å². The molecule has 2 rings (SSSR count). The maximum absolute atomic E-state index is 12.7. The van der Waals surface area contributed by atoms with E-state index in [1.807, 2.05) is 12.1 Å². The highest BCUT2D eigenvalue weighted by Crippen LogP contribution is 2.26. The molecule has 1 heteroatoms. The minimum absolute atomic E-state index is 0.163. The number of halogens is 1. The molecule has 0 spiro atoms. The molecule has 0 saturated heterocycles. The van der Waals surface area contributed by atoms with Gasteiger partial charge in [0.1, 0.15) is 5.82 Å². The molecule has 0 bridgehead atoms. The minimum atomic E-state index is -0.163. The Balaban J connectivity index is 1.82. The molecule has 16 heavy (non-hydrogen) atoms. The molecule has 1 aromatic rings. The third-order valence-corrected chi connectivity index (χ3v) is 3.37. The fourth-order valence-electron chi connectivity index (χ4n) is 2.39. The van der Waals surface area contributed by atoms with Crippen molar-refractivity contribution >= 4 is 6.08 Å². The quantitative estimate of drug-likeness (QED) is 0.683. The van der Waals surface area contributed by atoms with E-state index in [1.54, 1.807) is 0 Å². The molecule has 0 unspecified atom stereocenters. The van der Waals surface area contributed by atoms with Crippen LogP contribution in [0.25, 0.3) is 6.08 Å². The molecular weight excluding hydrogens is 199 g/mol. The first-order chi connectivity index (χ1) is 7.84. The summed E-state index contributed by atoms with van der Waals surface area (Å²) in [6, 6.07) is 6.68.